The van der Waals surface area contributed by atoms with Crippen LogP contribution in [0.1, 0.15) is 6.92 Å². The molecule has 5 nitrogen and oxygen atoms in total. The Morgan fingerprint density at radius 2 is 1.47 bits per heavy atom. The molecule has 0 aromatic carbocycles. The summed E-state index contributed by atoms with van der Waals surface area (Å²) in [5, 5.41) is 6.74. The van der Waals surface area contributed by atoms with Crippen molar-refractivity contribution in [2.45, 2.75) is 6.92 Å². The molecule has 0 bridgehead atoms. The average Bonchev–Trinajstić information content (AvgIpc) is 2.38. The molecule has 0 radical (unpaired) electrons. The largest absolute Gasteiger partial charge is 0.329 e. The topological polar surface area (TPSA) is 56.6 Å². The first-order chi connectivity index (χ1) is 8.36. The van der Waals surface area contributed by atoms with Gasteiger partial charge in [-0.2, -0.15) is 0 Å². The molecule has 0 unspecified atom stereocenters. The molecule has 0 aliphatic carbocycles. The summed E-state index contributed by atoms with van der Waals surface area (Å²) in [5.41, 5.74) is 5.40. The zero-order valence-corrected chi connectivity index (χ0v) is 11.2. The third kappa shape index (κ3) is 6.95. The summed E-state index contributed by atoms with van der Waals surface area (Å²) in [7, 11) is 0. The van der Waals surface area contributed by atoms with Gasteiger partial charge in [-0.25, -0.2) is 0 Å². The number of nitrogens with zero attached hydrogens (tertiary/aromatic N) is 2. The van der Waals surface area contributed by atoms with E-state index >= 15 is 0 Å². The van der Waals surface area contributed by atoms with Crippen LogP contribution in [-0.4, -0.2) is 81.8 Å². The Hall–Kier alpha value is -0.200. The Morgan fingerprint density at radius 3 is 2.06 bits per heavy atom. The quantitative estimate of drug-likeness (QED) is 0.442. The molecule has 0 atom stereocenters. The van der Waals surface area contributed by atoms with E-state index < -0.39 is 0 Å². The zero-order chi connectivity index (χ0) is 12.3. The lowest BCUT2D eigenvalue weighted by molar-refractivity contribution is 0.138. The zero-order valence-electron chi connectivity index (χ0n) is 11.2. The van der Waals surface area contributed by atoms with E-state index in [4.69, 9.17) is 5.73 Å². The van der Waals surface area contributed by atoms with E-state index in [0.717, 1.165) is 32.7 Å². The van der Waals surface area contributed by atoms with Crippen molar-refractivity contribution in [3.63, 3.8) is 0 Å². The van der Waals surface area contributed by atoms with Crippen LogP contribution in [0.4, 0.5) is 0 Å². The van der Waals surface area contributed by atoms with Crippen LogP contribution in [0.15, 0.2) is 0 Å². The SMILES string of the molecule is CCN1CCN(CCNCCNCCN)CC1. The van der Waals surface area contributed by atoms with Crippen molar-refractivity contribution >= 4 is 0 Å². The van der Waals surface area contributed by atoms with Gasteiger partial charge in [0.15, 0.2) is 0 Å². The Morgan fingerprint density at radius 1 is 0.882 bits per heavy atom. The van der Waals surface area contributed by atoms with Gasteiger partial charge in [0.1, 0.15) is 0 Å². The molecule has 0 saturated carbocycles. The summed E-state index contributed by atoms with van der Waals surface area (Å²) in [6, 6.07) is 0. The minimum atomic E-state index is 0.724. The predicted octanol–water partition coefficient (Wildman–Crippen LogP) is -1.24. The van der Waals surface area contributed by atoms with E-state index in [1.54, 1.807) is 0 Å². The van der Waals surface area contributed by atoms with E-state index in [1.807, 2.05) is 0 Å². The first kappa shape index (κ1) is 14.9. The van der Waals surface area contributed by atoms with E-state index in [2.05, 4.69) is 27.4 Å². The van der Waals surface area contributed by atoms with Crippen LogP contribution in [0.2, 0.25) is 0 Å². The maximum Gasteiger partial charge on any atom is 0.0110 e. The maximum absolute atomic E-state index is 5.40. The number of hydrogen-bond donors (Lipinski definition) is 3. The van der Waals surface area contributed by atoms with Gasteiger partial charge >= 0.3 is 0 Å². The van der Waals surface area contributed by atoms with Gasteiger partial charge in [-0.1, -0.05) is 6.92 Å². The fourth-order valence-corrected chi connectivity index (χ4v) is 2.10. The molecule has 1 rings (SSSR count). The van der Waals surface area contributed by atoms with Gasteiger partial charge in [-0.05, 0) is 6.54 Å². The molecule has 0 aromatic rings. The molecule has 1 heterocycles. The minimum absolute atomic E-state index is 0.724. The molecule has 4 N–H and O–H groups in total. The van der Waals surface area contributed by atoms with Gasteiger partial charge < -0.3 is 21.3 Å². The monoisotopic (exact) mass is 243 g/mol. The van der Waals surface area contributed by atoms with Crippen LogP contribution in [0.3, 0.4) is 0 Å². The number of nitrogens with one attached hydrogen (secondary N) is 2. The van der Waals surface area contributed by atoms with Crippen molar-refractivity contribution in [1.29, 1.82) is 0 Å². The number of piperazine rings is 1. The van der Waals surface area contributed by atoms with Gasteiger partial charge in [0.25, 0.3) is 0 Å². The summed E-state index contributed by atoms with van der Waals surface area (Å²) < 4.78 is 0. The molecule has 0 spiro atoms. The highest BCUT2D eigenvalue weighted by molar-refractivity contribution is 4.71. The number of hydrogen-bond acceptors (Lipinski definition) is 5. The van der Waals surface area contributed by atoms with Crippen molar-refractivity contribution in [2.75, 3.05) is 72.0 Å². The molecule has 102 valence electrons. The number of rotatable bonds is 9. The minimum Gasteiger partial charge on any atom is -0.329 e. The average molecular weight is 243 g/mol. The number of nitrogens with two attached hydrogens (primary N) is 1. The molecule has 17 heavy (non-hydrogen) atoms. The van der Waals surface area contributed by atoms with Gasteiger partial charge in [0.2, 0.25) is 0 Å². The third-order valence-corrected chi connectivity index (χ3v) is 3.32. The summed E-state index contributed by atoms with van der Waals surface area (Å²) >= 11 is 0. The van der Waals surface area contributed by atoms with Crippen LogP contribution in [-0.2, 0) is 0 Å². The Kier molecular flexibility index (Phi) is 8.56. The van der Waals surface area contributed by atoms with E-state index in [1.165, 1.54) is 39.3 Å². The van der Waals surface area contributed by atoms with Gasteiger partial charge in [-0.3, -0.25) is 4.90 Å². The summed E-state index contributed by atoms with van der Waals surface area (Å²) in [6.07, 6.45) is 0. The fraction of sp³-hybridized carbons (Fsp3) is 1.00. The van der Waals surface area contributed by atoms with Crippen LogP contribution >= 0.6 is 0 Å². The molecule has 1 aliphatic heterocycles. The summed E-state index contributed by atoms with van der Waals surface area (Å²) in [5.74, 6) is 0. The van der Waals surface area contributed by atoms with Gasteiger partial charge in [0, 0.05) is 65.4 Å². The van der Waals surface area contributed by atoms with Gasteiger partial charge in [0.05, 0.1) is 0 Å². The summed E-state index contributed by atoms with van der Waals surface area (Å²) in [4.78, 5) is 5.06. The van der Waals surface area contributed by atoms with Crippen LogP contribution in [0.25, 0.3) is 0 Å². The molecular formula is C12H29N5. The molecule has 0 aromatic heterocycles. The second kappa shape index (κ2) is 9.79. The molecule has 1 fully saturated rings. The van der Waals surface area contributed by atoms with Crippen LogP contribution in [0.5, 0.6) is 0 Å². The Balaban J connectivity index is 1.87. The lowest BCUT2D eigenvalue weighted by atomic mass is 10.3. The molecule has 5 heteroatoms. The van der Waals surface area contributed by atoms with Crippen molar-refractivity contribution < 1.29 is 0 Å². The highest BCUT2D eigenvalue weighted by Crippen LogP contribution is 1.99. The van der Waals surface area contributed by atoms with Crippen LogP contribution < -0.4 is 16.4 Å². The Labute approximate surface area is 106 Å². The first-order valence-corrected chi connectivity index (χ1v) is 6.93. The third-order valence-electron chi connectivity index (χ3n) is 3.32. The molecular weight excluding hydrogens is 214 g/mol. The fourth-order valence-electron chi connectivity index (χ4n) is 2.10. The second-order valence-electron chi connectivity index (χ2n) is 4.56. The molecule has 0 amide bonds. The molecule has 1 saturated heterocycles. The smallest absolute Gasteiger partial charge is 0.0110 e. The van der Waals surface area contributed by atoms with Crippen molar-refractivity contribution in [3.05, 3.63) is 0 Å². The summed E-state index contributed by atoms with van der Waals surface area (Å²) in [6.45, 7) is 14.3. The second-order valence-corrected chi connectivity index (χ2v) is 4.56. The Bertz CT molecular complexity index is 168. The van der Waals surface area contributed by atoms with Crippen molar-refractivity contribution in [3.8, 4) is 0 Å². The lowest BCUT2D eigenvalue weighted by Crippen LogP contribution is -2.48. The number of likely N-dealkylation sites (N-methyl/N-ethyl adjacent to an activating group) is 1. The van der Waals surface area contributed by atoms with Crippen molar-refractivity contribution in [1.82, 2.24) is 20.4 Å². The lowest BCUT2D eigenvalue weighted by Gasteiger charge is -2.34. The molecule has 1 aliphatic rings. The predicted molar refractivity (Wildman–Crippen MR) is 73.3 cm³/mol. The highest BCUT2D eigenvalue weighted by Gasteiger charge is 2.14. The van der Waals surface area contributed by atoms with E-state index in [-0.39, 0.29) is 0 Å². The standard InChI is InChI=1S/C12H29N5/c1-2-16-9-11-17(12-10-16)8-7-15-6-5-14-4-3-13/h14-15H,2-13H2,1H3. The van der Waals surface area contributed by atoms with E-state index in [9.17, 15) is 0 Å². The van der Waals surface area contributed by atoms with Crippen LogP contribution in [0, 0.1) is 0 Å². The normalized spacial score (nSPS) is 18.7. The highest BCUT2D eigenvalue weighted by atomic mass is 15.3. The first-order valence-electron chi connectivity index (χ1n) is 6.93. The van der Waals surface area contributed by atoms with E-state index in [0.29, 0.717) is 0 Å². The maximum atomic E-state index is 5.40. The van der Waals surface area contributed by atoms with Gasteiger partial charge in [-0.15, -0.1) is 0 Å². The van der Waals surface area contributed by atoms with Crippen molar-refractivity contribution in [2.24, 2.45) is 5.73 Å².